The molecule has 0 saturated carbocycles. The fraction of sp³-hybridized carbons (Fsp3) is 0.238. The molecule has 0 radical (unpaired) electrons. The lowest BCUT2D eigenvalue weighted by molar-refractivity contribution is -0.137. The van der Waals surface area contributed by atoms with E-state index < -0.39 is 27.6 Å². The van der Waals surface area contributed by atoms with Gasteiger partial charge in [-0.1, -0.05) is 30.3 Å². The monoisotopic (exact) mass is 465 g/mol. The molecule has 3 N–H and O–H groups in total. The number of nitrogens with zero attached hydrogens (tertiary/aromatic N) is 2. The maximum Gasteiger partial charge on any atom is 0.421 e. The first-order chi connectivity index (χ1) is 15.1. The van der Waals surface area contributed by atoms with Gasteiger partial charge in [0.15, 0.2) is 0 Å². The molecule has 1 heterocycles. The molecule has 0 fully saturated rings. The Morgan fingerprint density at radius 2 is 1.75 bits per heavy atom. The summed E-state index contributed by atoms with van der Waals surface area (Å²) in [6, 6.07) is 13.8. The molecule has 32 heavy (non-hydrogen) atoms. The fourth-order valence-electron chi connectivity index (χ4n) is 2.88. The third-order valence-corrected chi connectivity index (χ3v) is 5.90. The van der Waals surface area contributed by atoms with Gasteiger partial charge in [-0.25, -0.2) is 13.4 Å². The van der Waals surface area contributed by atoms with Crippen molar-refractivity contribution in [3.8, 4) is 0 Å². The first-order valence-electron chi connectivity index (χ1n) is 9.68. The molecule has 0 atom stereocenters. The Hall–Kier alpha value is -3.34. The summed E-state index contributed by atoms with van der Waals surface area (Å²) in [5.41, 5.74) is 1.10. The smallest absolute Gasteiger partial charge is 0.365 e. The van der Waals surface area contributed by atoms with Crippen molar-refractivity contribution >= 4 is 33.2 Å². The van der Waals surface area contributed by atoms with Gasteiger partial charge < -0.3 is 10.6 Å². The highest BCUT2D eigenvalue weighted by Gasteiger charge is 2.35. The predicted octanol–water partition coefficient (Wildman–Crippen LogP) is 4.92. The number of halogens is 3. The van der Waals surface area contributed by atoms with Crippen molar-refractivity contribution < 1.29 is 21.6 Å². The van der Waals surface area contributed by atoms with Crippen LogP contribution in [-0.2, 0) is 22.7 Å². The number of anilines is 4. The van der Waals surface area contributed by atoms with Gasteiger partial charge in [0.05, 0.1) is 11.4 Å². The molecule has 0 bridgehead atoms. The van der Waals surface area contributed by atoms with Crippen molar-refractivity contribution in [1.29, 1.82) is 0 Å². The highest BCUT2D eigenvalue weighted by molar-refractivity contribution is 7.92. The van der Waals surface area contributed by atoms with E-state index in [0.29, 0.717) is 28.7 Å². The number of rotatable bonds is 8. The van der Waals surface area contributed by atoms with Crippen molar-refractivity contribution in [3.63, 3.8) is 0 Å². The highest BCUT2D eigenvalue weighted by Crippen LogP contribution is 2.34. The van der Waals surface area contributed by atoms with E-state index in [4.69, 9.17) is 0 Å². The summed E-state index contributed by atoms with van der Waals surface area (Å²) in [6.45, 7) is 3.15. The van der Waals surface area contributed by atoms with E-state index in [1.807, 2.05) is 0 Å². The van der Waals surface area contributed by atoms with E-state index in [0.717, 1.165) is 0 Å². The zero-order valence-electron chi connectivity index (χ0n) is 17.4. The van der Waals surface area contributed by atoms with Crippen LogP contribution in [0.4, 0.5) is 36.3 Å². The zero-order valence-corrected chi connectivity index (χ0v) is 18.2. The number of para-hydroxylation sites is 1. The molecule has 1 aromatic heterocycles. The molecule has 3 aromatic rings. The molecule has 0 unspecified atom stereocenters. The Morgan fingerprint density at radius 3 is 2.41 bits per heavy atom. The number of benzene rings is 2. The van der Waals surface area contributed by atoms with Crippen LogP contribution in [0.15, 0.2) is 54.7 Å². The van der Waals surface area contributed by atoms with Gasteiger partial charge in [0.1, 0.15) is 11.4 Å². The van der Waals surface area contributed by atoms with Gasteiger partial charge in [-0.05, 0) is 43.2 Å². The summed E-state index contributed by atoms with van der Waals surface area (Å²) in [7, 11) is -3.56. The van der Waals surface area contributed by atoms with Gasteiger partial charge in [-0.2, -0.15) is 18.2 Å². The minimum absolute atomic E-state index is 0.0107. The maximum atomic E-state index is 13.5. The molecule has 11 heteroatoms. The van der Waals surface area contributed by atoms with Crippen molar-refractivity contribution in [1.82, 2.24) is 9.97 Å². The summed E-state index contributed by atoms with van der Waals surface area (Å²) in [5.74, 6) is -0.561. The molecule has 0 aliphatic heterocycles. The molecule has 7 nitrogen and oxygen atoms in total. The number of hydrogen-bond donors (Lipinski definition) is 3. The van der Waals surface area contributed by atoms with Gasteiger partial charge in [-0.15, -0.1) is 0 Å². The predicted molar refractivity (Wildman–Crippen MR) is 118 cm³/mol. The molecule has 0 saturated heterocycles. The molecule has 3 rings (SSSR count). The van der Waals surface area contributed by atoms with Crippen LogP contribution >= 0.6 is 0 Å². The van der Waals surface area contributed by atoms with Crippen LogP contribution in [0.25, 0.3) is 0 Å². The van der Waals surface area contributed by atoms with Crippen LogP contribution in [0.2, 0.25) is 0 Å². The highest BCUT2D eigenvalue weighted by atomic mass is 32.2. The Kier molecular flexibility index (Phi) is 6.87. The van der Waals surface area contributed by atoms with Gasteiger partial charge >= 0.3 is 6.18 Å². The molecule has 0 aliphatic rings. The third-order valence-electron chi connectivity index (χ3n) is 4.61. The Balaban J connectivity index is 1.92. The molecule has 0 amide bonds. The number of sulfonamides is 1. The largest absolute Gasteiger partial charge is 0.421 e. The van der Waals surface area contributed by atoms with Crippen molar-refractivity contribution in [2.24, 2.45) is 0 Å². The second kappa shape index (κ2) is 9.43. The minimum Gasteiger partial charge on any atom is -0.365 e. The number of aromatic nitrogens is 2. The van der Waals surface area contributed by atoms with Crippen LogP contribution in [0, 0.1) is 6.92 Å². The normalized spacial score (nSPS) is 11.8. The fourth-order valence-corrected chi connectivity index (χ4v) is 3.55. The van der Waals surface area contributed by atoms with Gasteiger partial charge in [0.25, 0.3) is 0 Å². The van der Waals surface area contributed by atoms with E-state index in [-0.39, 0.29) is 18.2 Å². The van der Waals surface area contributed by atoms with Crippen LogP contribution in [-0.4, -0.2) is 24.1 Å². The van der Waals surface area contributed by atoms with Crippen molar-refractivity contribution in [2.75, 3.05) is 21.1 Å². The van der Waals surface area contributed by atoms with Crippen LogP contribution in [0.5, 0.6) is 0 Å². The lowest BCUT2D eigenvalue weighted by Gasteiger charge is -2.18. The quantitative estimate of drug-likeness (QED) is 0.437. The molecule has 170 valence electrons. The standard InChI is InChI=1S/C21H22F3N5O2S/c1-3-32(30,31)29-18-11-7-8-14(2)16(18)12-25-19-17(21(22,23)24)13-26-20(28-19)27-15-9-5-4-6-10-15/h4-11,13,29H,3,12H2,1-2H3,(H2,25,26,27,28). The van der Waals surface area contributed by atoms with Gasteiger partial charge in [-0.3, -0.25) is 4.72 Å². The average molecular weight is 466 g/mol. The maximum absolute atomic E-state index is 13.5. The van der Waals surface area contributed by atoms with E-state index >= 15 is 0 Å². The van der Waals surface area contributed by atoms with E-state index in [1.54, 1.807) is 55.5 Å². The molecule has 0 spiro atoms. The van der Waals surface area contributed by atoms with Crippen molar-refractivity contribution in [3.05, 3.63) is 71.4 Å². The number of aryl methyl sites for hydroxylation is 1. The Labute approximate surface area is 184 Å². The molecule has 0 aliphatic carbocycles. The summed E-state index contributed by atoms with van der Waals surface area (Å²) in [6.07, 6.45) is -3.97. The SMILES string of the molecule is CCS(=O)(=O)Nc1cccc(C)c1CNc1nc(Nc2ccccc2)ncc1C(F)(F)F. The average Bonchev–Trinajstić information content (AvgIpc) is 2.73. The second-order valence-electron chi connectivity index (χ2n) is 6.90. The lowest BCUT2D eigenvalue weighted by atomic mass is 10.1. The first-order valence-corrected chi connectivity index (χ1v) is 11.3. The summed E-state index contributed by atoms with van der Waals surface area (Å²) in [5, 5.41) is 5.56. The molecule has 2 aromatic carbocycles. The van der Waals surface area contributed by atoms with E-state index in [1.165, 1.54) is 6.92 Å². The van der Waals surface area contributed by atoms with Crippen LogP contribution < -0.4 is 15.4 Å². The van der Waals surface area contributed by atoms with Gasteiger partial charge in [0, 0.05) is 18.4 Å². The molecular weight excluding hydrogens is 443 g/mol. The summed E-state index contributed by atoms with van der Waals surface area (Å²) >= 11 is 0. The lowest BCUT2D eigenvalue weighted by Crippen LogP contribution is -2.18. The Morgan fingerprint density at radius 1 is 1.03 bits per heavy atom. The zero-order chi connectivity index (χ0) is 23.4. The number of hydrogen-bond acceptors (Lipinski definition) is 6. The topological polar surface area (TPSA) is 96.0 Å². The van der Waals surface area contributed by atoms with Crippen molar-refractivity contribution in [2.45, 2.75) is 26.6 Å². The Bertz CT molecular complexity index is 1190. The molecular formula is C21H22F3N5O2S. The number of alkyl halides is 3. The minimum atomic E-state index is -4.67. The third kappa shape index (κ3) is 5.88. The van der Waals surface area contributed by atoms with Crippen LogP contribution in [0.3, 0.4) is 0 Å². The second-order valence-corrected chi connectivity index (χ2v) is 8.92. The summed E-state index contributed by atoms with van der Waals surface area (Å²) in [4.78, 5) is 7.78. The van der Waals surface area contributed by atoms with E-state index in [2.05, 4.69) is 25.3 Å². The van der Waals surface area contributed by atoms with Gasteiger partial charge in [0.2, 0.25) is 16.0 Å². The summed E-state index contributed by atoms with van der Waals surface area (Å²) < 4.78 is 67.1. The van der Waals surface area contributed by atoms with E-state index in [9.17, 15) is 21.6 Å². The number of nitrogens with one attached hydrogen (secondary N) is 3. The van der Waals surface area contributed by atoms with Crippen LogP contribution in [0.1, 0.15) is 23.6 Å². The first kappa shape index (κ1) is 23.3.